The quantitative estimate of drug-likeness (QED) is 0.842. The first-order valence-corrected chi connectivity index (χ1v) is 6.13. The number of nitrogens with two attached hydrogens (primary N) is 1. The van der Waals surface area contributed by atoms with Gasteiger partial charge >= 0.3 is 0 Å². The van der Waals surface area contributed by atoms with Crippen LogP contribution in [0.5, 0.6) is 0 Å². The first kappa shape index (κ1) is 12.0. The summed E-state index contributed by atoms with van der Waals surface area (Å²) in [5.41, 5.74) is 7.25. The number of nitrogens with one attached hydrogen (secondary N) is 1. The number of anilines is 1. The van der Waals surface area contributed by atoms with Crippen LogP contribution >= 0.6 is 0 Å². The maximum atomic E-state index is 11.1. The van der Waals surface area contributed by atoms with Gasteiger partial charge in [0.15, 0.2) is 0 Å². The lowest BCUT2D eigenvalue weighted by Crippen LogP contribution is -2.18. The lowest BCUT2D eigenvalue weighted by Gasteiger charge is -2.18. The Balaban J connectivity index is 2.04. The summed E-state index contributed by atoms with van der Waals surface area (Å²) >= 11 is 0. The molecule has 1 saturated carbocycles. The lowest BCUT2D eigenvalue weighted by atomic mass is 9.92. The Kier molecular flexibility index (Phi) is 3.09. The average molecular weight is 232 g/mol. The Morgan fingerprint density at radius 1 is 1.47 bits per heavy atom. The highest BCUT2D eigenvalue weighted by molar-refractivity contribution is 5.93. The zero-order valence-electron chi connectivity index (χ0n) is 10.5. The highest BCUT2D eigenvalue weighted by atomic mass is 16.1. The zero-order valence-corrected chi connectivity index (χ0v) is 10.5. The molecule has 0 saturated heterocycles. The van der Waals surface area contributed by atoms with Crippen LogP contribution in [0.25, 0.3) is 0 Å². The number of benzene rings is 1. The molecule has 1 aromatic carbocycles. The third-order valence-electron chi connectivity index (χ3n) is 3.49. The summed E-state index contributed by atoms with van der Waals surface area (Å²) in [7, 11) is 0. The minimum absolute atomic E-state index is 0.375. The van der Waals surface area contributed by atoms with E-state index in [-0.39, 0.29) is 5.91 Å². The molecule has 1 amide bonds. The summed E-state index contributed by atoms with van der Waals surface area (Å²) in [6.45, 7) is 4.60. The number of rotatable bonds is 3. The molecule has 17 heavy (non-hydrogen) atoms. The summed E-state index contributed by atoms with van der Waals surface area (Å²) in [6, 6.07) is 7.92. The Morgan fingerprint density at radius 2 is 2.24 bits per heavy atom. The molecular formula is C14H20N2O. The predicted octanol–water partition coefficient (Wildman–Crippen LogP) is 2.78. The van der Waals surface area contributed by atoms with E-state index in [0.717, 1.165) is 5.69 Å². The smallest absolute Gasteiger partial charge is 0.248 e. The van der Waals surface area contributed by atoms with Gasteiger partial charge in [-0.25, -0.2) is 0 Å². The molecule has 1 fully saturated rings. The van der Waals surface area contributed by atoms with Crippen molar-refractivity contribution in [2.24, 2.45) is 11.1 Å². The molecule has 1 unspecified atom stereocenters. The second kappa shape index (κ2) is 4.40. The van der Waals surface area contributed by atoms with Crippen molar-refractivity contribution in [3.8, 4) is 0 Å². The number of carbonyl (C=O) groups excluding carboxylic acids is 1. The molecule has 3 N–H and O–H groups in total. The van der Waals surface area contributed by atoms with Crippen molar-refractivity contribution in [2.75, 3.05) is 5.32 Å². The van der Waals surface area contributed by atoms with Crippen LogP contribution in [0.15, 0.2) is 24.3 Å². The van der Waals surface area contributed by atoms with Gasteiger partial charge in [0.2, 0.25) is 5.91 Å². The minimum atomic E-state index is -0.375. The van der Waals surface area contributed by atoms with Crippen molar-refractivity contribution < 1.29 is 4.79 Å². The number of hydrogen-bond donors (Lipinski definition) is 2. The van der Waals surface area contributed by atoms with Crippen molar-refractivity contribution in [2.45, 2.75) is 39.2 Å². The summed E-state index contributed by atoms with van der Waals surface area (Å²) in [6.07, 6.45) is 3.61. The molecular weight excluding hydrogens is 212 g/mol. The SMILES string of the molecule is CC1(C)CCC(Nc2cccc(C(N)=O)c2)C1. The number of amides is 1. The summed E-state index contributed by atoms with van der Waals surface area (Å²) < 4.78 is 0. The third-order valence-corrected chi connectivity index (χ3v) is 3.49. The van der Waals surface area contributed by atoms with Crippen molar-refractivity contribution in [3.63, 3.8) is 0 Å². The Labute approximate surface area is 102 Å². The van der Waals surface area contributed by atoms with Crippen molar-refractivity contribution in [1.82, 2.24) is 0 Å². The standard InChI is InChI=1S/C14H20N2O/c1-14(2)7-6-12(9-14)16-11-5-3-4-10(8-11)13(15)17/h3-5,8,12,16H,6-7,9H2,1-2H3,(H2,15,17). The average Bonchev–Trinajstić information content (AvgIpc) is 2.58. The Bertz CT molecular complexity index is 426. The molecule has 2 rings (SSSR count). The van der Waals surface area contributed by atoms with Gasteiger partial charge < -0.3 is 11.1 Å². The van der Waals surface area contributed by atoms with E-state index in [2.05, 4.69) is 19.2 Å². The minimum Gasteiger partial charge on any atom is -0.382 e. The van der Waals surface area contributed by atoms with E-state index in [0.29, 0.717) is 17.0 Å². The van der Waals surface area contributed by atoms with E-state index >= 15 is 0 Å². The zero-order chi connectivity index (χ0) is 12.5. The summed E-state index contributed by atoms with van der Waals surface area (Å²) in [4.78, 5) is 11.1. The molecule has 1 aliphatic rings. The van der Waals surface area contributed by atoms with Gasteiger partial charge in [-0.1, -0.05) is 19.9 Å². The molecule has 3 heteroatoms. The molecule has 0 bridgehead atoms. The van der Waals surface area contributed by atoms with Gasteiger partial charge in [-0.3, -0.25) is 4.79 Å². The van der Waals surface area contributed by atoms with E-state index in [1.165, 1.54) is 19.3 Å². The first-order valence-electron chi connectivity index (χ1n) is 6.13. The predicted molar refractivity (Wildman–Crippen MR) is 70.0 cm³/mol. The Hall–Kier alpha value is -1.51. The highest BCUT2D eigenvalue weighted by Gasteiger charge is 2.30. The third kappa shape index (κ3) is 2.99. The molecule has 92 valence electrons. The van der Waals surface area contributed by atoms with E-state index in [1.807, 2.05) is 18.2 Å². The van der Waals surface area contributed by atoms with Gasteiger partial charge in [-0.2, -0.15) is 0 Å². The van der Waals surface area contributed by atoms with Crippen LogP contribution in [0.2, 0.25) is 0 Å². The maximum absolute atomic E-state index is 11.1. The molecule has 1 aliphatic carbocycles. The van der Waals surface area contributed by atoms with Crippen LogP contribution in [0.4, 0.5) is 5.69 Å². The van der Waals surface area contributed by atoms with Crippen LogP contribution < -0.4 is 11.1 Å². The van der Waals surface area contributed by atoms with Crippen LogP contribution in [-0.4, -0.2) is 11.9 Å². The van der Waals surface area contributed by atoms with Gasteiger partial charge in [0, 0.05) is 17.3 Å². The number of hydrogen-bond acceptors (Lipinski definition) is 2. The molecule has 0 radical (unpaired) electrons. The fourth-order valence-corrected chi connectivity index (χ4v) is 2.56. The van der Waals surface area contributed by atoms with Crippen molar-refractivity contribution >= 4 is 11.6 Å². The molecule has 3 nitrogen and oxygen atoms in total. The van der Waals surface area contributed by atoms with Gasteiger partial charge in [0.25, 0.3) is 0 Å². The fraction of sp³-hybridized carbons (Fsp3) is 0.500. The largest absolute Gasteiger partial charge is 0.382 e. The molecule has 1 atom stereocenters. The monoisotopic (exact) mass is 232 g/mol. The molecule has 0 heterocycles. The molecule has 0 aromatic heterocycles. The summed E-state index contributed by atoms with van der Waals surface area (Å²) in [5, 5.41) is 3.48. The number of carbonyl (C=O) groups is 1. The van der Waals surface area contributed by atoms with Gasteiger partial charge in [-0.15, -0.1) is 0 Å². The van der Waals surface area contributed by atoms with Gasteiger partial charge in [-0.05, 0) is 42.9 Å². The van der Waals surface area contributed by atoms with Crippen LogP contribution in [0, 0.1) is 5.41 Å². The summed E-state index contributed by atoms with van der Waals surface area (Å²) in [5.74, 6) is -0.375. The topological polar surface area (TPSA) is 55.1 Å². The second-order valence-corrected chi connectivity index (χ2v) is 5.69. The van der Waals surface area contributed by atoms with Crippen LogP contribution in [-0.2, 0) is 0 Å². The molecule has 0 aliphatic heterocycles. The van der Waals surface area contributed by atoms with Crippen molar-refractivity contribution in [1.29, 1.82) is 0 Å². The normalized spacial score (nSPS) is 22.4. The second-order valence-electron chi connectivity index (χ2n) is 5.69. The molecule has 1 aromatic rings. The number of primary amides is 1. The lowest BCUT2D eigenvalue weighted by molar-refractivity contribution is 0.100. The van der Waals surface area contributed by atoms with Crippen LogP contribution in [0.1, 0.15) is 43.5 Å². The molecule has 0 spiro atoms. The fourth-order valence-electron chi connectivity index (χ4n) is 2.56. The highest BCUT2D eigenvalue weighted by Crippen LogP contribution is 2.38. The van der Waals surface area contributed by atoms with E-state index in [4.69, 9.17) is 5.73 Å². The maximum Gasteiger partial charge on any atom is 0.248 e. The first-order chi connectivity index (χ1) is 7.96. The van der Waals surface area contributed by atoms with Crippen molar-refractivity contribution in [3.05, 3.63) is 29.8 Å². The van der Waals surface area contributed by atoms with Gasteiger partial charge in [0.1, 0.15) is 0 Å². The van der Waals surface area contributed by atoms with E-state index in [9.17, 15) is 4.79 Å². The van der Waals surface area contributed by atoms with Gasteiger partial charge in [0.05, 0.1) is 0 Å². The van der Waals surface area contributed by atoms with E-state index in [1.54, 1.807) is 6.07 Å². The van der Waals surface area contributed by atoms with E-state index < -0.39 is 0 Å². The Morgan fingerprint density at radius 3 is 2.82 bits per heavy atom. The van der Waals surface area contributed by atoms with Crippen LogP contribution in [0.3, 0.4) is 0 Å².